The summed E-state index contributed by atoms with van der Waals surface area (Å²) in [5.41, 5.74) is -21.4. The van der Waals surface area contributed by atoms with Crippen LogP contribution in [0.2, 0.25) is 0 Å². The lowest BCUT2D eigenvalue weighted by atomic mass is 9.50. The first-order chi connectivity index (χ1) is 38.6. The number of hydrogen-bond acceptors (Lipinski definition) is 18. The standard InChI is InChI=1S/C61H49BrO18/c62-79-56-48(76-54(71)43-32-18-6-19-33-43)46(65)47(45(36-63)75-56)77-61(53(70)42-30-16-5-17-31-42)59(74,51(68)40-26-12-3-13-27-40)58(73,50(67)39-24-10-2-11-25-39)60(52(69)41-28-14-4-15-29-41,78-55(72)44-34-20-7-21-35-44)57(37-64,80-61)49(66)38-22-8-1-9-23-38/h1-35,45-48,56,63-65,73-74H,36-37H2/t45-,46-,47-,48-,56-,57+,58+,59+,60+,61-/m1/s1. The minimum absolute atomic E-state index is 0.0648. The first-order valence-electron chi connectivity index (χ1n) is 24.8. The van der Waals surface area contributed by atoms with Gasteiger partial charge in [-0.15, -0.1) is 0 Å². The normalized spacial score (nSPS) is 27.2. The molecule has 7 aromatic carbocycles. The van der Waals surface area contributed by atoms with E-state index < -0.39 is 146 Å². The van der Waals surface area contributed by atoms with E-state index in [1.165, 1.54) is 146 Å². The van der Waals surface area contributed by atoms with Gasteiger partial charge in [0.05, 0.1) is 24.3 Å². The second-order valence-corrected chi connectivity index (χ2v) is 19.0. The zero-order valence-corrected chi connectivity index (χ0v) is 43.5. The average Bonchev–Trinajstić information content (AvgIpc) is 3.65. The summed E-state index contributed by atoms with van der Waals surface area (Å²) in [6.45, 7) is -3.22. The van der Waals surface area contributed by atoms with Crippen molar-refractivity contribution in [1.29, 1.82) is 0 Å². The first-order valence-corrected chi connectivity index (χ1v) is 25.4. The fourth-order valence-corrected chi connectivity index (χ4v) is 10.6. The van der Waals surface area contributed by atoms with Crippen molar-refractivity contribution in [3.63, 3.8) is 0 Å². The van der Waals surface area contributed by atoms with Crippen molar-refractivity contribution in [3.05, 3.63) is 251 Å². The Bertz CT molecular complexity index is 3380. The third-order valence-corrected chi connectivity index (χ3v) is 14.5. The molecule has 2 aliphatic rings. The van der Waals surface area contributed by atoms with Crippen LogP contribution in [0.5, 0.6) is 0 Å². The van der Waals surface area contributed by atoms with Crippen molar-refractivity contribution in [2.45, 2.75) is 58.9 Å². The number of benzene rings is 7. The number of ether oxygens (including phenoxy) is 5. The zero-order valence-electron chi connectivity index (χ0n) is 41.9. The van der Waals surface area contributed by atoms with Crippen molar-refractivity contribution in [1.82, 2.24) is 0 Å². The molecule has 18 nitrogen and oxygen atoms in total. The predicted molar refractivity (Wildman–Crippen MR) is 284 cm³/mol. The van der Waals surface area contributed by atoms with E-state index in [9.17, 15) is 25.2 Å². The Kier molecular flexibility index (Phi) is 16.5. The van der Waals surface area contributed by atoms with E-state index in [-0.39, 0.29) is 5.56 Å². The second kappa shape index (κ2) is 23.3. The van der Waals surface area contributed by atoms with Gasteiger partial charge in [0.1, 0.15) is 34.6 Å². The topological polar surface area (TPSA) is 276 Å². The van der Waals surface area contributed by atoms with Gasteiger partial charge >= 0.3 is 11.9 Å². The van der Waals surface area contributed by atoms with Crippen molar-refractivity contribution < 1.29 is 86.6 Å². The molecular formula is C61H49BrO18. The van der Waals surface area contributed by atoms with Crippen molar-refractivity contribution >= 4 is 57.1 Å². The summed E-state index contributed by atoms with van der Waals surface area (Å²) in [7, 11) is 0. The summed E-state index contributed by atoms with van der Waals surface area (Å²) in [5.74, 6) is -16.1. The fraction of sp³-hybridized carbons (Fsp3) is 0.197. The van der Waals surface area contributed by atoms with Gasteiger partial charge in [-0.3, -0.25) is 27.8 Å². The van der Waals surface area contributed by atoms with Gasteiger partial charge in [0.2, 0.25) is 52.0 Å². The van der Waals surface area contributed by atoms with Gasteiger partial charge in [0, 0.05) is 27.8 Å². The molecule has 7 aromatic rings. The minimum atomic E-state index is -4.74. The lowest BCUT2D eigenvalue weighted by Crippen LogP contribution is -2.96. The lowest BCUT2D eigenvalue weighted by molar-refractivity contribution is -0.425. The number of carbonyl (C=O) groups is 7. The summed E-state index contributed by atoms with van der Waals surface area (Å²) >= 11 is 2.80. The highest BCUT2D eigenvalue weighted by Crippen LogP contribution is 2.61. The van der Waals surface area contributed by atoms with E-state index in [1.807, 2.05) is 0 Å². The summed E-state index contributed by atoms with van der Waals surface area (Å²) < 4.78 is 37.1. The lowest BCUT2D eigenvalue weighted by Gasteiger charge is -2.66. The molecular weight excluding hydrogens is 1100 g/mol. The van der Waals surface area contributed by atoms with Crippen LogP contribution in [0.1, 0.15) is 72.5 Å². The van der Waals surface area contributed by atoms with Gasteiger partial charge in [-0.25, -0.2) is 9.59 Å². The van der Waals surface area contributed by atoms with Crippen LogP contribution in [0.15, 0.2) is 212 Å². The molecule has 2 fully saturated rings. The van der Waals surface area contributed by atoms with E-state index in [0.717, 1.165) is 60.7 Å². The molecule has 9 rings (SSSR count). The summed E-state index contributed by atoms with van der Waals surface area (Å²) in [4.78, 5) is 112. The molecule has 10 atom stereocenters. The van der Waals surface area contributed by atoms with Crippen LogP contribution >= 0.6 is 16.3 Å². The zero-order chi connectivity index (χ0) is 56.9. The Morgan fingerprint density at radius 1 is 0.463 bits per heavy atom. The van der Waals surface area contributed by atoms with Gasteiger partial charge in [-0.2, -0.15) is 0 Å². The third-order valence-electron chi connectivity index (χ3n) is 14.1. The molecule has 0 aliphatic carbocycles. The molecule has 5 N–H and O–H groups in total. The van der Waals surface area contributed by atoms with Crippen LogP contribution in [-0.4, -0.2) is 138 Å². The first kappa shape index (κ1) is 56.7. The number of carbonyl (C=O) groups excluding carboxylic acids is 7. The summed E-state index contributed by atoms with van der Waals surface area (Å²) in [6, 6.07) is 45.1. The van der Waals surface area contributed by atoms with E-state index in [4.69, 9.17) is 27.5 Å². The van der Waals surface area contributed by atoms with E-state index in [1.54, 1.807) is 6.07 Å². The molecule has 0 aromatic heterocycles. The largest absolute Gasteiger partial charge is 0.450 e. The van der Waals surface area contributed by atoms with Crippen LogP contribution in [0, 0.1) is 0 Å². The summed E-state index contributed by atoms with van der Waals surface area (Å²) in [6.07, 6.45) is -11.0. The Morgan fingerprint density at radius 3 is 1.23 bits per heavy atom. The molecule has 2 aliphatic heterocycles. The third kappa shape index (κ3) is 9.31. The number of ketones is 5. The number of Topliss-reactive ketones (excluding diaryl/α,β-unsaturated/α-hetero) is 5. The highest BCUT2D eigenvalue weighted by molar-refractivity contribution is 9.06. The molecule has 0 unspecified atom stereocenters. The van der Waals surface area contributed by atoms with E-state index in [0.29, 0.717) is 0 Å². The number of rotatable bonds is 19. The minimum Gasteiger partial charge on any atom is -0.450 e. The molecule has 80 heavy (non-hydrogen) atoms. The maximum absolute atomic E-state index is 16.7. The maximum Gasteiger partial charge on any atom is 0.339 e. The Hall–Kier alpha value is -8.05. The molecule has 408 valence electrons. The summed E-state index contributed by atoms with van der Waals surface area (Å²) in [5, 5.41) is 66.5. The number of halogens is 1. The van der Waals surface area contributed by atoms with Crippen LogP contribution in [-0.2, 0) is 27.5 Å². The smallest absolute Gasteiger partial charge is 0.339 e. The van der Waals surface area contributed by atoms with Gasteiger partial charge in [0.15, 0.2) is 6.10 Å². The van der Waals surface area contributed by atoms with Gasteiger partial charge in [-0.05, 0) is 24.3 Å². The molecule has 0 amide bonds. The fourth-order valence-electron chi connectivity index (χ4n) is 10.3. The van der Waals surface area contributed by atoms with E-state index >= 15 is 33.9 Å². The highest BCUT2D eigenvalue weighted by atomic mass is 79.9. The Morgan fingerprint density at radius 2 is 0.825 bits per heavy atom. The Labute approximate surface area is 465 Å². The molecule has 2 saturated heterocycles. The van der Waals surface area contributed by atoms with Crippen molar-refractivity contribution in [2.24, 2.45) is 0 Å². The van der Waals surface area contributed by atoms with Crippen molar-refractivity contribution in [3.8, 4) is 0 Å². The highest BCUT2D eigenvalue weighted by Gasteiger charge is 2.93. The van der Waals surface area contributed by atoms with E-state index in [2.05, 4.69) is 16.3 Å². The SMILES string of the molecule is O=C(O[C@H]1[C@@H](OBr)O[C@H](CO)[C@@H](O[C@]2(C(=O)c3ccccc3)O[C@@](CO)(C(=O)c3ccccc3)[C@@](OC(=O)c3ccccc3)(C(=O)c3ccccc3)[C@](O)(C(=O)c3ccccc3)[C@@]2(O)C(=O)c2ccccc2)[C@H]1O)c1ccccc1. The second-order valence-electron chi connectivity index (χ2n) is 18.7. The molecule has 0 saturated carbocycles. The monoisotopic (exact) mass is 1150 g/mol. The number of aliphatic hydroxyl groups excluding tert-OH is 3. The molecule has 0 radical (unpaired) electrons. The number of hydrogen-bond donors (Lipinski definition) is 5. The quantitative estimate of drug-likeness (QED) is 0.0463. The maximum atomic E-state index is 16.7. The van der Waals surface area contributed by atoms with Crippen LogP contribution in [0.3, 0.4) is 0 Å². The van der Waals surface area contributed by atoms with Crippen LogP contribution < -0.4 is 0 Å². The molecule has 0 bridgehead atoms. The predicted octanol–water partition coefficient (Wildman–Crippen LogP) is 5.93. The van der Waals surface area contributed by atoms with Crippen LogP contribution in [0.4, 0.5) is 0 Å². The number of esters is 2. The molecule has 0 spiro atoms. The average molecular weight is 1150 g/mol. The van der Waals surface area contributed by atoms with Gasteiger partial charge in [-0.1, -0.05) is 188 Å². The van der Waals surface area contributed by atoms with Crippen molar-refractivity contribution in [2.75, 3.05) is 13.2 Å². The molecule has 2 heterocycles. The van der Waals surface area contributed by atoms with Gasteiger partial charge < -0.3 is 49.2 Å². The van der Waals surface area contributed by atoms with Crippen LogP contribution in [0.25, 0.3) is 0 Å². The number of aliphatic hydroxyl groups is 5. The molecule has 19 heteroatoms. The van der Waals surface area contributed by atoms with Gasteiger partial charge in [0.25, 0.3) is 11.4 Å². The Balaban J connectivity index is 1.48.